The van der Waals surface area contributed by atoms with E-state index in [1.165, 1.54) is 6.42 Å². The highest BCUT2D eigenvalue weighted by Gasteiger charge is 2.37. The third-order valence-corrected chi connectivity index (χ3v) is 7.25. The van der Waals surface area contributed by atoms with Crippen LogP contribution in [0.25, 0.3) is 0 Å². The molecule has 0 aliphatic carbocycles. The molecule has 21 heavy (non-hydrogen) atoms. The maximum Gasteiger partial charge on any atom is 0.282 e. The van der Waals surface area contributed by atoms with Crippen LogP contribution in [0.15, 0.2) is 0 Å². The summed E-state index contributed by atoms with van der Waals surface area (Å²) in [5.74, 6) is 0.269. The standard InChI is InChI=1S/C14H27N3O3S/c18-12-13-4-9-16(10-5-13)21(19,20)17-8-2-7-15-6-1-3-14(15)11-17/h13-14,18H,1-12H2. The fraction of sp³-hybridized carbons (Fsp3) is 1.00. The van der Waals surface area contributed by atoms with Gasteiger partial charge in [0, 0.05) is 38.8 Å². The molecule has 0 spiro atoms. The highest BCUT2D eigenvalue weighted by molar-refractivity contribution is 7.86. The van der Waals surface area contributed by atoms with Crippen LogP contribution in [0, 0.1) is 5.92 Å². The summed E-state index contributed by atoms with van der Waals surface area (Å²) < 4.78 is 29.0. The lowest BCUT2D eigenvalue weighted by Gasteiger charge is -2.35. The van der Waals surface area contributed by atoms with E-state index < -0.39 is 10.2 Å². The van der Waals surface area contributed by atoms with Crippen molar-refractivity contribution in [2.75, 3.05) is 45.9 Å². The molecule has 0 saturated carbocycles. The van der Waals surface area contributed by atoms with Gasteiger partial charge in [0.1, 0.15) is 0 Å². The molecule has 1 N–H and O–H groups in total. The lowest BCUT2D eigenvalue weighted by atomic mass is 10.00. The maximum atomic E-state index is 12.8. The normalized spacial score (nSPS) is 31.2. The van der Waals surface area contributed by atoms with Crippen LogP contribution < -0.4 is 0 Å². The van der Waals surface area contributed by atoms with Gasteiger partial charge < -0.3 is 5.11 Å². The molecule has 7 heteroatoms. The predicted octanol–water partition coefficient (Wildman–Crippen LogP) is 0.106. The molecular formula is C14H27N3O3S. The fourth-order valence-corrected chi connectivity index (χ4v) is 5.59. The second-order valence-corrected chi connectivity index (χ2v) is 8.50. The highest BCUT2D eigenvalue weighted by Crippen LogP contribution is 2.26. The summed E-state index contributed by atoms with van der Waals surface area (Å²) in [6.07, 6.45) is 4.81. The lowest BCUT2D eigenvalue weighted by molar-refractivity contribution is 0.165. The van der Waals surface area contributed by atoms with Crippen molar-refractivity contribution in [2.24, 2.45) is 5.92 Å². The number of rotatable bonds is 3. The van der Waals surface area contributed by atoms with Gasteiger partial charge in [-0.15, -0.1) is 0 Å². The van der Waals surface area contributed by atoms with E-state index in [1.54, 1.807) is 8.61 Å². The number of hydrogen-bond donors (Lipinski definition) is 1. The van der Waals surface area contributed by atoms with Gasteiger partial charge in [0.25, 0.3) is 10.2 Å². The quantitative estimate of drug-likeness (QED) is 0.802. The number of piperidine rings is 1. The van der Waals surface area contributed by atoms with Gasteiger partial charge in [-0.2, -0.15) is 17.0 Å². The van der Waals surface area contributed by atoms with Crippen molar-refractivity contribution in [3.05, 3.63) is 0 Å². The summed E-state index contributed by atoms with van der Waals surface area (Å²) in [5, 5.41) is 9.18. The van der Waals surface area contributed by atoms with Crippen LogP contribution in [0.2, 0.25) is 0 Å². The van der Waals surface area contributed by atoms with Gasteiger partial charge in [-0.05, 0) is 51.1 Å². The van der Waals surface area contributed by atoms with Gasteiger partial charge in [-0.1, -0.05) is 0 Å². The Morgan fingerprint density at radius 1 is 0.905 bits per heavy atom. The lowest BCUT2D eigenvalue weighted by Crippen LogP contribution is -2.49. The SMILES string of the molecule is O=S(=O)(N1CCC(CO)CC1)N1CCCN2CCCC2C1. The highest BCUT2D eigenvalue weighted by atomic mass is 32.2. The largest absolute Gasteiger partial charge is 0.396 e. The fourth-order valence-electron chi connectivity index (χ4n) is 3.87. The molecule has 3 heterocycles. The van der Waals surface area contributed by atoms with Gasteiger partial charge >= 0.3 is 0 Å². The first-order chi connectivity index (χ1) is 10.1. The van der Waals surface area contributed by atoms with E-state index in [1.807, 2.05) is 0 Å². The minimum Gasteiger partial charge on any atom is -0.396 e. The van der Waals surface area contributed by atoms with Crippen molar-refractivity contribution in [3.63, 3.8) is 0 Å². The molecule has 3 aliphatic rings. The van der Waals surface area contributed by atoms with Gasteiger partial charge in [-0.25, -0.2) is 0 Å². The van der Waals surface area contributed by atoms with E-state index in [0.717, 1.165) is 38.8 Å². The van der Waals surface area contributed by atoms with Crippen LogP contribution in [-0.4, -0.2) is 79.0 Å². The van der Waals surface area contributed by atoms with Gasteiger partial charge in [-0.3, -0.25) is 4.90 Å². The molecule has 3 fully saturated rings. The molecule has 1 unspecified atom stereocenters. The molecule has 0 amide bonds. The van der Waals surface area contributed by atoms with Crippen LogP contribution in [0.5, 0.6) is 0 Å². The monoisotopic (exact) mass is 317 g/mol. The Bertz CT molecular complexity index is 448. The van der Waals surface area contributed by atoms with E-state index >= 15 is 0 Å². The number of nitrogens with zero attached hydrogens (tertiary/aromatic N) is 3. The molecule has 3 saturated heterocycles. The molecular weight excluding hydrogens is 290 g/mol. The zero-order chi connectivity index (χ0) is 14.9. The average molecular weight is 317 g/mol. The second kappa shape index (κ2) is 6.50. The summed E-state index contributed by atoms with van der Waals surface area (Å²) in [6, 6.07) is 0.414. The minimum absolute atomic E-state index is 0.175. The van der Waals surface area contributed by atoms with Gasteiger partial charge in [0.05, 0.1) is 0 Å². The Kier molecular flexibility index (Phi) is 4.85. The molecule has 0 bridgehead atoms. The van der Waals surface area contributed by atoms with Crippen molar-refractivity contribution in [2.45, 2.75) is 38.1 Å². The number of fused-ring (bicyclic) bond motifs is 1. The Labute approximate surface area is 127 Å². The summed E-state index contributed by atoms with van der Waals surface area (Å²) in [7, 11) is -3.32. The molecule has 0 aromatic carbocycles. The summed E-state index contributed by atoms with van der Waals surface area (Å²) in [5.41, 5.74) is 0. The zero-order valence-corrected chi connectivity index (χ0v) is 13.5. The van der Waals surface area contributed by atoms with E-state index in [2.05, 4.69) is 4.90 Å². The third kappa shape index (κ3) is 3.27. The Hall–Kier alpha value is -0.210. The van der Waals surface area contributed by atoms with Crippen LogP contribution in [-0.2, 0) is 10.2 Å². The Morgan fingerprint density at radius 3 is 2.33 bits per heavy atom. The molecule has 3 rings (SSSR count). The molecule has 0 radical (unpaired) electrons. The van der Waals surface area contributed by atoms with Gasteiger partial charge in [0.2, 0.25) is 0 Å². The van der Waals surface area contributed by atoms with Crippen LogP contribution in [0.1, 0.15) is 32.1 Å². The number of aliphatic hydroxyl groups is 1. The van der Waals surface area contributed by atoms with Crippen molar-refractivity contribution >= 4 is 10.2 Å². The summed E-state index contributed by atoms with van der Waals surface area (Å²) in [4.78, 5) is 2.45. The van der Waals surface area contributed by atoms with E-state index in [0.29, 0.717) is 32.2 Å². The first-order valence-electron chi connectivity index (χ1n) is 8.21. The van der Waals surface area contributed by atoms with Crippen molar-refractivity contribution in [3.8, 4) is 0 Å². The maximum absolute atomic E-state index is 12.8. The topological polar surface area (TPSA) is 64.1 Å². The van der Waals surface area contributed by atoms with E-state index in [9.17, 15) is 13.5 Å². The molecule has 0 aromatic rings. The number of hydrogen-bond acceptors (Lipinski definition) is 4. The third-order valence-electron chi connectivity index (χ3n) is 5.25. The second-order valence-electron chi connectivity index (χ2n) is 6.58. The van der Waals surface area contributed by atoms with E-state index in [-0.39, 0.29) is 12.5 Å². The first-order valence-corrected chi connectivity index (χ1v) is 9.61. The first kappa shape index (κ1) is 15.7. The van der Waals surface area contributed by atoms with Crippen LogP contribution in [0.3, 0.4) is 0 Å². The Balaban J connectivity index is 1.66. The molecule has 6 nitrogen and oxygen atoms in total. The Morgan fingerprint density at radius 2 is 1.62 bits per heavy atom. The smallest absolute Gasteiger partial charge is 0.282 e. The average Bonchev–Trinajstić information content (AvgIpc) is 2.84. The summed E-state index contributed by atoms with van der Waals surface area (Å²) >= 11 is 0. The van der Waals surface area contributed by atoms with Crippen LogP contribution >= 0.6 is 0 Å². The molecule has 1 atom stereocenters. The van der Waals surface area contributed by atoms with Gasteiger partial charge in [0.15, 0.2) is 0 Å². The van der Waals surface area contributed by atoms with Crippen molar-refractivity contribution < 1.29 is 13.5 Å². The molecule has 3 aliphatic heterocycles. The minimum atomic E-state index is -3.32. The van der Waals surface area contributed by atoms with Crippen LogP contribution in [0.4, 0.5) is 0 Å². The molecule has 0 aromatic heterocycles. The summed E-state index contributed by atoms with van der Waals surface area (Å²) in [6.45, 7) is 4.74. The van der Waals surface area contributed by atoms with Crippen molar-refractivity contribution in [1.29, 1.82) is 0 Å². The zero-order valence-electron chi connectivity index (χ0n) is 12.7. The number of aliphatic hydroxyl groups excluding tert-OH is 1. The predicted molar refractivity (Wildman–Crippen MR) is 81.1 cm³/mol. The van der Waals surface area contributed by atoms with Crippen molar-refractivity contribution in [1.82, 2.24) is 13.5 Å². The van der Waals surface area contributed by atoms with E-state index in [4.69, 9.17) is 0 Å². The molecule has 122 valence electrons.